The Bertz CT molecular complexity index is 1040. The molecule has 1 saturated heterocycles. The lowest BCUT2D eigenvalue weighted by atomic mass is 10.1. The van der Waals surface area contributed by atoms with Gasteiger partial charge in [-0.3, -0.25) is 4.79 Å². The summed E-state index contributed by atoms with van der Waals surface area (Å²) in [5.74, 6) is -0.446. The summed E-state index contributed by atoms with van der Waals surface area (Å²) >= 11 is 6.00. The molecule has 2 aliphatic heterocycles. The van der Waals surface area contributed by atoms with E-state index in [-0.39, 0.29) is 12.1 Å². The number of hydrogen-bond donors (Lipinski definition) is 5. The van der Waals surface area contributed by atoms with E-state index in [1.54, 1.807) is 36.5 Å². The first kappa shape index (κ1) is 23.1. The highest BCUT2D eigenvalue weighted by Crippen LogP contribution is 2.22. The van der Waals surface area contributed by atoms with Crippen molar-refractivity contribution in [1.82, 2.24) is 10.6 Å². The Hall–Kier alpha value is -3.04. The second-order valence-corrected chi connectivity index (χ2v) is 8.22. The molecule has 4 rings (SSSR count). The number of rotatable bonds is 7. The minimum absolute atomic E-state index is 0.132. The fourth-order valence-electron chi connectivity index (χ4n) is 3.76. The Balaban J connectivity index is 1.43. The van der Waals surface area contributed by atoms with Crippen molar-refractivity contribution in [3.63, 3.8) is 0 Å². The second-order valence-electron chi connectivity index (χ2n) is 7.78. The molecular weight excluding hydrogens is 444 g/mol. The van der Waals surface area contributed by atoms with E-state index in [1.165, 1.54) is 0 Å². The smallest absolute Gasteiger partial charge is 0.258 e. The molecule has 5 N–H and O–H groups in total. The van der Waals surface area contributed by atoms with Crippen molar-refractivity contribution in [3.05, 3.63) is 82.7 Å². The van der Waals surface area contributed by atoms with Gasteiger partial charge in [0.15, 0.2) is 6.23 Å². The predicted octanol–water partition coefficient (Wildman–Crippen LogP) is 2.13. The molecule has 2 heterocycles. The number of anilines is 2. The third-order valence-corrected chi connectivity index (χ3v) is 5.77. The molecule has 9 heteroatoms. The largest absolute Gasteiger partial charge is 0.387 e. The highest BCUT2D eigenvalue weighted by Gasteiger charge is 2.25. The van der Waals surface area contributed by atoms with Gasteiger partial charge in [0.2, 0.25) is 0 Å². The van der Waals surface area contributed by atoms with Crippen LogP contribution in [0.2, 0.25) is 5.02 Å². The van der Waals surface area contributed by atoms with E-state index in [0.29, 0.717) is 35.2 Å². The molecule has 2 aliphatic rings. The maximum atomic E-state index is 13.0. The average Bonchev–Trinajstić information content (AvgIpc) is 2.83. The molecule has 2 aromatic rings. The summed E-state index contributed by atoms with van der Waals surface area (Å²) in [6, 6.07) is 14.5. The van der Waals surface area contributed by atoms with Crippen LogP contribution in [0.5, 0.6) is 0 Å². The van der Waals surface area contributed by atoms with Gasteiger partial charge in [0.1, 0.15) is 0 Å². The maximum Gasteiger partial charge on any atom is 0.258 e. The lowest BCUT2D eigenvalue weighted by molar-refractivity contribution is -0.114. The van der Waals surface area contributed by atoms with Crippen LogP contribution in [0.15, 0.2) is 72.1 Å². The third-order valence-electron chi connectivity index (χ3n) is 5.53. The standard InChI is InChI=1S/C24H27ClN4O4/c25-17-3-1-2-16(14-17)21(30)15-27-20-8-9-26-23(31)22(20)24(32)28-18-4-6-19(7-5-18)29-10-12-33-13-11-29/h1-9,14,21,23,26-27,30-31H,10-13,15H2,(H,28,32)/t21-,23?/m1/s1. The Morgan fingerprint density at radius 1 is 1.21 bits per heavy atom. The molecule has 2 aromatic carbocycles. The zero-order valence-electron chi connectivity index (χ0n) is 18.0. The van der Waals surface area contributed by atoms with Gasteiger partial charge in [-0.1, -0.05) is 23.7 Å². The van der Waals surface area contributed by atoms with Crippen molar-refractivity contribution in [2.75, 3.05) is 43.1 Å². The molecule has 0 radical (unpaired) electrons. The minimum atomic E-state index is -1.19. The number of hydrogen-bond acceptors (Lipinski definition) is 7. The first-order chi connectivity index (χ1) is 16.0. The van der Waals surface area contributed by atoms with E-state index in [1.807, 2.05) is 24.3 Å². The first-order valence-corrected chi connectivity index (χ1v) is 11.2. The number of halogens is 1. The van der Waals surface area contributed by atoms with E-state index in [9.17, 15) is 15.0 Å². The second kappa shape index (κ2) is 10.7. The van der Waals surface area contributed by atoms with E-state index in [0.717, 1.165) is 18.8 Å². The molecular formula is C24H27ClN4O4. The molecule has 1 amide bonds. The fourth-order valence-corrected chi connectivity index (χ4v) is 3.96. The van der Waals surface area contributed by atoms with E-state index >= 15 is 0 Å². The molecule has 0 spiro atoms. The van der Waals surface area contributed by atoms with Gasteiger partial charge >= 0.3 is 0 Å². The first-order valence-electron chi connectivity index (χ1n) is 10.8. The normalized spacial score (nSPS) is 19.1. The number of morpholine rings is 1. The molecule has 8 nitrogen and oxygen atoms in total. The maximum absolute atomic E-state index is 13.0. The molecule has 174 valence electrons. The SMILES string of the molecule is O=C(Nc1ccc(N2CCOCC2)cc1)C1=C(NC[C@@H](O)c2cccc(Cl)c2)C=CNC1O. The van der Waals surface area contributed by atoms with Crippen molar-refractivity contribution in [1.29, 1.82) is 0 Å². The fraction of sp³-hybridized carbons (Fsp3) is 0.292. The summed E-state index contributed by atoms with van der Waals surface area (Å²) in [4.78, 5) is 15.2. The summed E-state index contributed by atoms with van der Waals surface area (Å²) in [6.07, 6.45) is 1.17. The zero-order chi connectivity index (χ0) is 23.2. The van der Waals surface area contributed by atoms with Crippen molar-refractivity contribution in [3.8, 4) is 0 Å². The number of dihydropyridines is 1. The number of amides is 1. The number of benzene rings is 2. The average molecular weight is 471 g/mol. The molecule has 2 atom stereocenters. The number of carbonyl (C=O) groups excluding carboxylic acids is 1. The van der Waals surface area contributed by atoms with Crippen LogP contribution in [0.1, 0.15) is 11.7 Å². The summed E-state index contributed by atoms with van der Waals surface area (Å²) < 4.78 is 5.38. The van der Waals surface area contributed by atoms with E-state index < -0.39 is 18.2 Å². The highest BCUT2D eigenvalue weighted by molar-refractivity contribution is 6.30. The molecule has 0 saturated carbocycles. The summed E-state index contributed by atoms with van der Waals surface area (Å²) in [6.45, 7) is 3.20. The lowest BCUT2D eigenvalue weighted by Gasteiger charge is -2.29. The zero-order valence-corrected chi connectivity index (χ0v) is 18.8. The third kappa shape index (κ3) is 5.85. The number of nitrogens with zero attached hydrogens (tertiary/aromatic N) is 1. The molecule has 0 aromatic heterocycles. The molecule has 1 unspecified atom stereocenters. The Kier molecular flexibility index (Phi) is 7.51. The van der Waals surface area contributed by atoms with Gasteiger partial charge in [-0.25, -0.2) is 0 Å². The Morgan fingerprint density at radius 3 is 2.70 bits per heavy atom. The van der Waals surface area contributed by atoms with Gasteiger partial charge in [0.05, 0.1) is 24.9 Å². The summed E-state index contributed by atoms with van der Waals surface area (Å²) in [5, 5.41) is 30.0. The van der Waals surface area contributed by atoms with Crippen LogP contribution >= 0.6 is 11.6 Å². The van der Waals surface area contributed by atoms with E-state index in [4.69, 9.17) is 16.3 Å². The van der Waals surface area contributed by atoms with Gasteiger partial charge in [0, 0.05) is 47.9 Å². The van der Waals surface area contributed by atoms with Crippen molar-refractivity contribution in [2.45, 2.75) is 12.3 Å². The van der Waals surface area contributed by atoms with Crippen molar-refractivity contribution < 1.29 is 19.7 Å². The van der Waals surface area contributed by atoms with E-state index in [2.05, 4.69) is 20.9 Å². The highest BCUT2D eigenvalue weighted by atomic mass is 35.5. The number of aliphatic hydroxyl groups is 2. The van der Waals surface area contributed by atoms with Gasteiger partial charge in [0.25, 0.3) is 5.91 Å². The molecule has 33 heavy (non-hydrogen) atoms. The summed E-state index contributed by atoms with van der Waals surface area (Å²) in [7, 11) is 0. The predicted molar refractivity (Wildman–Crippen MR) is 128 cm³/mol. The van der Waals surface area contributed by atoms with Crippen LogP contribution in [0.4, 0.5) is 11.4 Å². The van der Waals surface area contributed by atoms with Crippen molar-refractivity contribution >= 4 is 28.9 Å². The number of aliphatic hydroxyl groups excluding tert-OH is 2. The quantitative estimate of drug-likeness (QED) is 0.422. The topological polar surface area (TPSA) is 106 Å². The molecule has 0 bridgehead atoms. The number of allylic oxidation sites excluding steroid dienone is 1. The number of ether oxygens (including phenoxy) is 1. The van der Waals surface area contributed by atoms with Crippen molar-refractivity contribution in [2.24, 2.45) is 0 Å². The minimum Gasteiger partial charge on any atom is -0.387 e. The van der Waals surface area contributed by atoms with Gasteiger partial charge in [-0.2, -0.15) is 0 Å². The van der Waals surface area contributed by atoms with Crippen LogP contribution in [-0.4, -0.2) is 55.2 Å². The Labute approximate surface area is 197 Å². The molecule has 0 aliphatic carbocycles. The van der Waals surface area contributed by atoms with Crippen LogP contribution in [-0.2, 0) is 9.53 Å². The van der Waals surface area contributed by atoms with Crippen LogP contribution < -0.4 is 20.9 Å². The van der Waals surface area contributed by atoms with Crippen LogP contribution in [0, 0.1) is 0 Å². The van der Waals surface area contributed by atoms with Crippen LogP contribution in [0.25, 0.3) is 0 Å². The molecule has 1 fully saturated rings. The lowest BCUT2D eigenvalue weighted by Crippen LogP contribution is -2.39. The summed E-state index contributed by atoms with van der Waals surface area (Å²) in [5.41, 5.74) is 2.89. The van der Waals surface area contributed by atoms with Gasteiger partial charge in [-0.05, 0) is 48.0 Å². The number of nitrogens with one attached hydrogen (secondary N) is 3. The van der Waals surface area contributed by atoms with Gasteiger partial charge in [-0.15, -0.1) is 0 Å². The Morgan fingerprint density at radius 2 is 1.97 bits per heavy atom. The van der Waals surface area contributed by atoms with Gasteiger partial charge < -0.3 is 35.8 Å². The monoisotopic (exact) mass is 470 g/mol. The number of carbonyl (C=O) groups is 1. The van der Waals surface area contributed by atoms with Crippen LogP contribution in [0.3, 0.4) is 0 Å².